The number of amides is 1. The molecule has 6 nitrogen and oxygen atoms in total. The highest BCUT2D eigenvalue weighted by molar-refractivity contribution is 6.31. The van der Waals surface area contributed by atoms with Crippen LogP contribution in [0.4, 0.5) is 5.82 Å². The van der Waals surface area contributed by atoms with Gasteiger partial charge < -0.3 is 10.2 Å². The van der Waals surface area contributed by atoms with E-state index in [0.717, 1.165) is 61.7 Å². The van der Waals surface area contributed by atoms with E-state index in [-0.39, 0.29) is 5.91 Å². The van der Waals surface area contributed by atoms with Crippen LogP contribution in [0.2, 0.25) is 5.02 Å². The highest BCUT2D eigenvalue weighted by Gasteiger charge is 2.24. The monoisotopic (exact) mass is 401 g/mol. The SMILES string of the molecule is CC1CCCC(NC(=O)CN2CCN(c3ncnc4cc(Cl)ccc34)CC2)C1. The fraction of sp³-hybridized carbons (Fsp3) is 0.571. The van der Waals surface area contributed by atoms with Crippen molar-refractivity contribution in [1.82, 2.24) is 20.2 Å². The van der Waals surface area contributed by atoms with E-state index in [9.17, 15) is 4.79 Å². The van der Waals surface area contributed by atoms with Crippen LogP contribution in [0, 0.1) is 5.92 Å². The zero-order chi connectivity index (χ0) is 19.5. The average molecular weight is 402 g/mol. The first-order valence-electron chi connectivity index (χ1n) is 10.3. The second-order valence-corrected chi connectivity index (χ2v) is 8.59. The number of fused-ring (bicyclic) bond motifs is 1. The first-order chi connectivity index (χ1) is 13.6. The van der Waals surface area contributed by atoms with Gasteiger partial charge >= 0.3 is 0 Å². The number of hydrogen-bond acceptors (Lipinski definition) is 5. The predicted octanol–water partition coefficient (Wildman–Crippen LogP) is 3.10. The van der Waals surface area contributed by atoms with Crippen LogP contribution in [-0.2, 0) is 4.79 Å². The van der Waals surface area contributed by atoms with E-state index in [2.05, 4.69) is 32.0 Å². The van der Waals surface area contributed by atoms with Crippen LogP contribution in [0.5, 0.6) is 0 Å². The van der Waals surface area contributed by atoms with E-state index in [1.54, 1.807) is 6.33 Å². The largest absolute Gasteiger partial charge is 0.353 e. The predicted molar refractivity (Wildman–Crippen MR) is 113 cm³/mol. The second-order valence-electron chi connectivity index (χ2n) is 8.16. The summed E-state index contributed by atoms with van der Waals surface area (Å²) < 4.78 is 0. The van der Waals surface area contributed by atoms with Gasteiger partial charge in [0, 0.05) is 42.6 Å². The lowest BCUT2D eigenvalue weighted by molar-refractivity contribution is -0.123. The first-order valence-corrected chi connectivity index (χ1v) is 10.6. The molecule has 1 saturated carbocycles. The van der Waals surface area contributed by atoms with Gasteiger partial charge in [-0.25, -0.2) is 9.97 Å². The lowest BCUT2D eigenvalue weighted by atomic mass is 9.87. The molecule has 2 aliphatic rings. The minimum absolute atomic E-state index is 0.162. The molecule has 1 aromatic heterocycles. The molecular formula is C21H28ClN5O. The molecule has 1 aromatic carbocycles. The van der Waals surface area contributed by atoms with Crippen LogP contribution >= 0.6 is 11.6 Å². The van der Waals surface area contributed by atoms with Crippen LogP contribution in [0.25, 0.3) is 10.9 Å². The Hall–Kier alpha value is -1.92. The molecule has 0 spiro atoms. The number of hydrogen-bond donors (Lipinski definition) is 1. The third-order valence-corrected chi connectivity index (χ3v) is 6.15. The first kappa shape index (κ1) is 19.4. The minimum Gasteiger partial charge on any atom is -0.353 e. The standard InChI is InChI=1S/C21H28ClN5O/c1-15-3-2-4-17(11-15)25-20(28)13-26-7-9-27(10-8-26)21-18-6-5-16(22)12-19(18)23-14-24-21/h5-6,12,14-15,17H,2-4,7-11,13H2,1H3,(H,25,28). The number of halogens is 1. The Labute approximate surface area is 171 Å². The van der Waals surface area contributed by atoms with Gasteiger partial charge in [0.15, 0.2) is 0 Å². The average Bonchev–Trinajstić information content (AvgIpc) is 2.68. The van der Waals surface area contributed by atoms with Crippen LogP contribution in [-0.4, -0.2) is 59.5 Å². The quantitative estimate of drug-likeness (QED) is 0.852. The maximum Gasteiger partial charge on any atom is 0.234 e. The molecule has 0 bridgehead atoms. The van der Waals surface area contributed by atoms with Crippen molar-refractivity contribution in [3.05, 3.63) is 29.5 Å². The summed E-state index contributed by atoms with van der Waals surface area (Å²) in [7, 11) is 0. The maximum absolute atomic E-state index is 12.4. The fourth-order valence-corrected chi connectivity index (χ4v) is 4.59. The molecule has 1 aliphatic carbocycles. The zero-order valence-corrected chi connectivity index (χ0v) is 17.2. The van der Waals surface area contributed by atoms with Gasteiger partial charge in [0.25, 0.3) is 0 Å². The van der Waals surface area contributed by atoms with E-state index < -0.39 is 0 Å². The number of nitrogens with one attached hydrogen (secondary N) is 1. The molecular weight excluding hydrogens is 374 g/mol. The van der Waals surface area contributed by atoms with Gasteiger partial charge in [-0.3, -0.25) is 9.69 Å². The van der Waals surface area contributed by atoms with E-state index in [1.165, 1.54) is 12.8 Å². The summed E-state index contributed by atoms with van der Waals surface area (Å²) >= 11 is 6.08. The molecule has 7 heteroatoms. The van der Waals surface area contributed by atoms with Crippen molar-refractivity contribution in [2.24, 2.45) is 5.92 Å². The van der Waals surface area contributed by atoms with Gasteiger partial charge in [0.05, 0.1) is 12.1 Å². The maximum atomic E-state index is 12.4. The lowest BCUT2D eigenvalue weighted by Crippen LogP contribution is -2.51. The summed E-state index contributed by atoms with van der Waals surface area (Å²) in [5.74, 6) is 1.83. The van der Waals surface area contributed by atoms with Crippen molar-refractivity contribution in [3.63, 3.8) is 0 Å². The van der Waals surface area contributed by atoms with Gasteiger partial charge in [-0.05, 0) is 37.0 Å². The number of carbonyl (C=O) groups is 1. The molecule has 28 heavy (non-hydrogen) atoms. The molecule has 2 heterocycles. The summed E-state index contributed by atoms with van der Waals surface area (Å²) in [6.07, 6.45) is 6.35. The molecule has 1 N–H and O–H groups in total. The highest BCUT2D eigenvalue weighted by Crippen LogP contribution is 2.26. The van der Waals surface area contributed by atoms with E-state index >= 15 is 0 Å². The Morgan fingerprint density at radius 2 is 2.04 bits per heavy atom. The Balaban J connectivity index is 1.32. The summed E-state index contributed by atoms with van der Waals surface area (Å²) in [6, 6.07) is 6.09. The summed E-state index contributed by atoms with van der Waals surface area (Å²) in [6.45, 7) is 6.17. The summed E-state index contributed by atoms with van der Waals surface area (Å²) in [5, 5.41) is 4.94. The number of aromatic nitrogens is 2. The molecule has 0 radical (unpaired) electrons. The van der Waals surface area contributed by atoms with Crippen molar-refractivity contribution in [2.45, 2.75) is 38.6 Å². The van der Waals surface area contributed by atoms with Gasteiger partial charge in [-0.15, -0.1) is 0 Å². The normalized spacial score (nSPS) is 23.7. The van der Waals surface area contributed by atoms with Gasteiger partial charge in [-0.1, -0.05) is 31.4 Å². The zero-order valence-electron chi connectivity index (χ0n) is 16.4. The van der Waals surface area contributed by atoms with Crippen LogP contribution in [0.15, 0.2) is 24.5 Å². The van der Waals surface area contributed by atoms with Crippen LogP contribution in [0.1, 0.15) is 32.6 Å². The highest BCUT2D eigenvalue weighted by atomic mass is 35.5. The van der Waals surface area contributed by atoms with Crippen molar-refractivity contribution in [1.29, 1.82) is 0 Å². The van der Waals surface area contributed by atoms with Crippen molar-refractivity contribution in [3.8, 4) is 0 Å². The summed E-state index contributed by atoms with van der Waals surface area (Å²) in [4.78, 5) is 25.8. The Bertz CT molecular complexity index is 837. The Kier molecular flexibility index (Phi) is 5.97. The molecule has 1 aliphatic heterocycles. The third-order valence-electron chi connectivity index (χ3n) is 5.92. The van der Waals surface area contributed by atoms with Gasteiger partial charge in [0.1, 0.15) is 12.1 Å². The number of anilines is 1. The number of carbonyl (C=O) groups excluding carboxylic acids is 1. The van der Waals surface area contributed by atoms with Crippen molar-refractivity contribution >= 4 is 34.2 Å². The molecule has 2 aromatic rings. The van der Waals surface area contributed by atoms with E-state index in [4.69, 9.17) is 11.6 Å². The van der Waals surface area contributed by atoms with Crippen LogP contribution < -0.4 is 10.2 Å². The number of benzene rings is 1. The third kappa shape index (κ3) is 4.55. The van der Waals surface area contributed by atoms with Crippen molar-refractivity contribution in [2.75, 3.05) is 37.6 Å². The molecule has 1 amide bonds. The second kappa shape index (κ2) is 8.62. The molecule has 150 valence electrons. The van der Waals surface area contributed by atoms with Crippen LogP contribution in [0.3, 0.4) is 0 Å². The number of nitrogens with zero attached hydrogens (tertiary/aromatic N) is 4. The molecule has 2 atom stereocenters. The molecule has 1 saturated heterocycles. The smallest absolute Gasteiger partial charge is 0.234 e. The van der Waals surface area contributed by atoms with E-state index in [1.807, 2.05) is 18.2 Å². The lowest BCUT2D eigenvalue weighted by Gasteiger charge is -2.36. The Morgan fingerprint density at radius 3 is 2.82 bits per heavy atom. The van der Waals surface area contributed by atoms with Gasteiger partial charge in [0.2, 0.25) is 5.91 Å². The van der Waals surface area contributed by atoms with Crippen molar-refractivity contribution < 1.29 is 4.79 Å². The number of rotatable bonds is 4. The summed E-state index contributed by atoms with van der Waals surface area (Å²) in [5.41, 5.74) is 0.862. The van der Waals surface area contributed by atoms with Gasteiger partial charge in [-0.2, -0.15) is 0 Å². The topological polar surface area (TPSA) is 61.4 Å². The molecule has 4 rings (SSSR count). The minimum atomic E-state index is 0.162. The number of piperazine rings is 1. The molecule has 2 fully saturated rings. The molecule has 2 unspecified atom stereocenters. The Morgan fingerprint density at radius 1 is 1.21 bits per heavy atom. The fourth-order valence-electron chi connectivity index (χ4n) is 4.43. The van der Waals surface area contributed by atoms with E-state index in [0.29, 0.717) is 17.6 Å².